The zero-order valence-corrected chi connectivity index (χ0v) is 33.3. The van der Waals surface area contributed by atoms with Crippen LogP contribution >= 0.6 is 0 Å². The first-order valence-electron chi connectivity index (χ1n) is 21.3. The Labute approximate surface area is 310 Å². The van der Waals surface area contributed by atoms with E-state index in [1.165, 1.54) is 185 Å². The smallest absolute Gasteiger partial charge is 0.154 e. The highest BCUT2D eigenvalue weighted by molar-refractivity contribution is 5.81. The first-order valence-corrected chi connectivity index (χ1v) is 21.3. The van der Waals surface area contributed by atoms with Crippen molar-refractivity contribution in [2.45, 2.75) is 187 Å². The molecular weight excluding hydrogens is 615 g/mol. The molecule has 286 valence electrons. The second-order valence-electron chi connectivity index (χ2n) is 15.0. The number of carboxylic acids is 1. The molecule has 4 heteroatoms. The summed E-state index contributed by atoms with van der Waals surface area (Å²) in [4.78, 5) is 11.3. The SMILES string of the molecule is CCCCCCCCCCCCCC[N+](CCCCCC)(CCCCCC)CCCCCC.O=C([O-])C(O)(c1ccccc1)c1ccccc1. The van der Waals surface area contributed by atoms with E-state index in [2.05, 4.69) is 27.7 Å². The van der Waals surface area contributed by atoms with Gasteiger partial charge in [0.2, 0.25) is 0 Å². The minimum absolute atomic E-state index is 0.284. The van der Waals surface area contributed by atoms with E-state index < -0.39 is 11.6 Å². The number of hydrogen-bond acceptors (Lipinski definition) is 3. The molecule has 0 unspecified atom stereocenters. The minimum Gasteiger partial charge on any atom is -0.546 e. The number of carbonyl (C=O) groups excluding carboxylic acids is 1. The minimum atomic E-state index is -2.11. The summed E-state index contributed by atoms with van der Waals surface area (Å²) in [6.07, 6.45) is 34.8. The molecule has 0 fully saturated rings. The fourth-order valence-corrected chi connectivity index (χ4v) is 7.34. The van der Waals surface area contributed by atoms with E-state index in [0.29, 0.717) is 0 Å². The van der Waals surface area contributed by atoms with Gasteiger partial charge in [-0.05, 0) is 62.5 Å². The lowest BCUT2D eigenvalue weighted by molar-refractivity contribution is -0.929. The molecule has 2 aromatic carbocycles. The van der Waals surface area contributed by atoms with Crippen LogP contribution in [0.5, 0.6) is 0 Å². The van der Waals surface area contributed by atoms with Crippen molar-refractivity contribution >= 4 is 5.97 Å². The Balaban J connectivity index is 0.000000607. The third kappa shape index (κ3) is 20.0. The number of unbranched alkanes of at least 4 members (excludes halogenated alkanes) is 20. The number of carboxylic acid groups (broad SMARTS) is 1. The van der Waals surface area contributed by atoms with Crippen LogP contribution in [0.1, 0.15) is 193 Å². The Morgan fingerprint density at radius 2 is 0.700 bits per heavy atom. The molecule has 0 aliphatic rings. The average molecular weight is 694 g/mol. The predicted molar refractivity (Wildman–Crippen MR) is 214 cm³/mol. The molecule has 2 rings (SSSR count). The molecule has 4 nitrogen and oxygen atoms in total. The molecule has 0 aromatic heterocycles. The van der Waals surface area contributed by atoms with Crippen LogP contribution in [-0.4, -0.2) is 41.7 Å². The van der Waals surface area contributed by atoms with E-state index in [4.69, 9.17) is 0 Å². The normalized spacial score (nSPS) is 11.7. The van der Waals surface area contributed by atoms with Crippen molar-refractivity contribution < 1.29 is 19.5 Å². The fraction of sp³-hybridized carbons (Fsp3) is 0.717. The van der Waals surface area contributed by atoms with Crippen LogP contribution in [0, 0.1) is 0 Å². The Hall–Kier alpha value is -2.17. The van der Waals surface area contributed by atoms with Crippen LogP contribution < -0.4 is 5.11 Å². The summed E-state index contributed by atoms with van der Waals surface area (Å²) in [7, 11) is 0. The molecule has 0 saturated heterocycles. The number of aliphatic hydroxyl groups is 1. The zero-order chi connectivity index (χ0) is 36.6. The second kappa shape index (κ2) is 30.5. The topological polar surface area (TPSA) is 60.4 Å². The van der Waals surface area contributed by atoms with E-state index >= 15 is 0 Å². The molecular formula is C46H79NO3. The van der Waals surface area contributed by atoms with Crippen molar-refractivity contribution in [2.75, 3.05) is 26.2 Å². The summed E-state index contributed by atoms with van der Waals surface area (Å²) in [5.41, 5.74) is -1.54. The maximum absolute atomic E-state index is 11.3. The van der Waals surface area contributed by atoms with E-state index in [0.717, 1.165) is 0 Å². The lowest BCUT2D eigenvalue weighted by Crippen LogP contribution is -2.50. The van der Waals surface area contributed by atoms with Gasteiger partial charge in [0, 0.05) is 0 Å². The third-order valence-corrected chi connectivity index (χ3v) is 10.6. The van der Waals surface area contributed by atoms with Gasteiger partial charge in [0.15, 0.2) is 5.60 Å². The molecule has 1 N–H and O–H groups in total. The average Bonchev–Trinajstić information content (AvgIpc) is 3.14. The van der Waals surface area contributed by atoms with Gasteiger partial charge in [0.25, 0.3) is 0 Å². The van der Waals surface area contributed by atoms with E-state index in [1.807, 2.05) is 0 Å². The van der Waals surface area contributed by atoms with Crippen LogP contribution in [0.2, 0.25) is 0 Å². The Bertz CT molecular complexity index is 953. The van der Waals surface area contributed by atoms with E-state index in [9.17, 15) is 15.0 Å². The Kier molecular flexibility index (Phi) is 27.9. The summed E-state index contributed by atoms with van der Waals surface area (Å²) in [5, 5.41) is 21.6. The maximum atomic E-state index is 11.3. The lowest BCUT2D eigenvalue weighted by Gasteiger charge is -2.39. The zero-order valence-electron chi connectivity index (χ0n) is 33.3. The van der Waals surface area contributed by atoms with Gasteiger partial charge in [-0.2, -0.15) is 0 Å². The molecule has 2 aromatic rings. The highest BCUT2D eigenvalue weighted by Crippen LogP contribution is 2.29. The first kappa shape index (κ1) is 45.9. The summed E-state index contributed by atoms with van der Waals surface area (Å²) >= 11 is 0. The number of nitrogens with zero attached hydrogens (tertiary/aromatic N) is 1. The van der Waals surface area contributed by atoms with E-state index in [-0.39, 0.29) is 11.1 Å². The standard InChI is InChI=1S/C32H68N.C14H12O3/c1-5-9-13-17-18-19-20-21-22-23-24-28-32-33(29-25-14-10-6-2,30-26-15-11-7-3)31-27-16-12-8-4;15-13(16)14(17,11-7-3-1-4-8-11)12-9-5-2-6-10-12/h5-32H2,1-4H3;1-10,17H,(H,15,16)/q+1;/p-1. The van der Waals surface area contributed by atoms with Crippen LogP contribution in [0.3, 0.4) is 0 Å². The molecule has 0 heterocycles. The highest BCUT2D eigenvalue weighted by Gasteiger charge is 2.33. The molecule has 0 atom stereocenters. The van der Waals surface area contributed by atoms with Crippen molar-refractivity contribution in [1.29, 1.82) is 0 Å². The monoisotopic (exact) mass is 694 g/mol. The number of carbonyl (C=O) groups is 1. The summed E-state index contributed by atoms with van der Waals surface area (Å²) < 4.78 is 1.47. The van der Waals surface area contributed by atoms with Crippen molar-refractivity contribution in [1.82, 2.24) is 0 Å². The van der Waals surface area contributed by atoms with Gasteiger partial charge >= 0.3 is 0 Å². The van der Waals surface area contributed by atoms with Gasteiger partial charge in [-0.1, -0.05) is 191 Å². The summed E-state index contributed by atoms with van der Waals surface area (Å²) in [6, 6.07) is 16.4. The number of quaternary nitrogens is 1. The molecule has 0 bridgehead atoms. The number of rotatable bonds is 31. The van der Waals surface area contributed by atoms with Crippen LogP contribution in [0.4, 0.5) is 0 Å². The molecule has 0 amide bonds. The van der Waals surface area contributed by atoms with Gasteiger partial charge < -0.3 is 19.5 Å². The number of aliphatic carboxylic acids is 1. The molecule has 0 aliphatic carbocycles. The number of hydrogen-bond donors (Lipinski definition) is 1. The van der Waals surface area contributed by atoms with Crippen molar-refractivity contribution in [3.05, 3.63) is 71.8 Å². The van der Waals surface area contributed by atoms with Gasteiger partial charge in [-0.3, -0.25) is 0 Å². The van der Waals surface area contributed by atoms with Crippen molar-refractivity contribution in [3.8, 4) is 0 Å². The quantitative estimate of drug-likeness (QED) is 0.0631. The number of benzene rings is 2. The van der Waals surface area contributed by atoms with Gasteiger partial charge in [-0.15, -0.1) is 0 Å². The molecule has 50 heavy (non-hydrogen) atoms. The predicted octanol–water partition coefficient (Wildman–Crippen LogP) is 11.9. The fourth-order valence-electron chi connectivity index (χ4n) is 7.34. The lowest BCUT2D eigenvalue weighted by atomic mass is 9.86. The summed E-state index contributed by atoms with van der Waals surface area (Å²) in [5.74, 6) is -1.53. The van der Waals surface area contributed by atoms with Crippen LogP contribution in [-0.2, 0) is 10.4 Å². The van der Waals surface area contributed by atoms with Gasteiger partial charge in [-0.25, -0.2) is 0 Å². The van der Waals surface area contributed by atoms with Crippen LogP contribution in [0.25, 0.3) is 0 Å². The second-order valence-corrected chi connectivity index (χ2v) is 15.0. The highest BCUT2D eigenvalue weighted by atomic mass is 16.4. The Morgan fingerprint density at radius 3 is 0.960 bits per heavy atom. The van der Waals surface area contributed by atoms with Crippen LogP contribution in [0.15, 0.2) is 60.7 Å². The van der Waals surface area contributed by atoms with Crippen molar-refractivity contribution in [2.24, 2.45) is 0 Å². The van der Waals surface area contributed by atoms with Gasteiger partial charge in [0.1, 0.15) is 0 Å². The van der Waals surface area contributed by atoms with E-state index in [1.54, 1.807) is 60.7 Å². The molecule has 0 saturated carbocycles. The molecule has 0 radical (unpaired) electrons. The van der Waals surface area contributed by atoms with Gasteiger partial charge in [0.05, 0.1) is 32.1 Å². The largest absolute Gasteiger partial charge is 0.546 e. The molecule has 0 spiro atoms. The third-order valence-electron chi connectivity index (χ3n) is 10.6. The Morgan fingerprint density at radius 1 is 0.460 bits per heavy atom. The summed E-state index contributed by atoms with van der Waals surface area (Å²) in [6.45, 7) is 15.2. The maximum Gasteiger partial charge on any atom is 0.154 e. The molecule has 0 aliphatic heterocycles. The first-order chi connectivity index (χ1) is 24.4. The van der Waals surface area contributed by atoms with Crippen molar-refractivity contribution in [3.63, 3.8) is 0 Å².